The van der Waals surface area contributed by atoms with E-state index in [9.17, 15) is 18.6 Å². The average molecular weight is 378 g/mol. The number of nitrogens with one attached hydrogen (secondary N) is 2. The molecule has 0 aliphatic carbocycles. The summed E-state index contributed by atoms with van der Waals surface area (Å²) in [5.74, 6) is -0.210. The summed E-state index contributed by atoms with van der Waals surface area (Å²) < 4.78 is 25.1. The van der Waals surface area contributed by atoms with Crippen LogP contribution in [-0.2, 0) is 22.2 Å². The van der Waals surface area contributed by atoms with Gasteiger partial charge in [0.25, 0.3) is 0 Å². The highest BCUT2D eigenvalue weighted by molar-refractivity contribution is 7.92. The van der Waals surface area contributed by atoms with E-state index in [-0.39, 0.29) is 11.4 Å². The Bertz CT molecular complexity index is 862. The van der Waals surface area contributed by atoms with Gasteiger partial charge in [-0.1, -0.05) is 36.4 Å². The summed E-state index contributed by atoms with van der Waals surface area (Å²) in [6, 6.07) is 14.2. The van der Waals surface area contributed by atoms with E-state index in [1.807, 2.05) is 44.2 Å². The topological polar surface area (TPSA) is 98.7 Å². The van der Waals surface area contributed by atoms with E-state index in [0.717, 1.165) is 11.8 Å². The van der Waals surface area contributed by atoms with E-state index in [1.54, 1.807) is 13.0 Å². The van der Waals surface area contributed by atoms with Crippen LogP contribution < -0.4 is 10.0 Å². The van der Waals surface area contributed by atoms with E-state index >= 15 is 0 Å². The fraction of sp³-hybridized carbons (Fsp3) is 0.368. The second kappa shape index (κ2) is 7.26. The van der Waals surface area contributed by atoms with Crippen LogP contribution in [0.1, 0.15) is 31.9 Å². The van der Waals surface area contributed by atoms with Crippen LogP contribution in [0.5, 0.6) is 5.75 Å². The van der Waals surface area contributed by atoms with Gasteiger partial charge in [0.1, 0.15) is 11.5 Å². The minimum atomic E-state index is -3.55. The summed E-state index contributed by atoms with van der Waals surface area (Å²) in [4.78, 5) is 0. The Morgan fingerprint density at radius 3 is 2.23 bits per heavy atom. The summed E-state index contributed by atoms with van der Waals surface area (Å²) in [6.45, 7) is 5.55. The van der Waals surface area contributed by atoms with Gasteiger partial charge in [-0.05, 0) is 44.9 Å². The van der Waals surface area contributed by atoms with Crippen molar-refractivity contribution in [3.05, 3.63) is 59.7 Å². The minimum Gasteiger partial charge on any atom is -0.506 e. The fourth-order valence-corrected chi connectivity index (χ4v) is 3.56. The Morgan fingerprint density at radius 2 is 1.65 bits per heavy atom. The molecule has 26 heavy (non-hydrogen) atoms. The van der Waals surface area contributed by atoms with Gasteiger partial charge >= 0.3 is 0 Å². The highest BCUT2D eigenvalue weighted by atomic mass is 32.2. The summed E-state index contributed by atoms with van der Waals surface area (Å²) in [6.07, 6.45) is 1.69. The quantitative estimate of drug-likeness (QED) is 0.438. The van der Waals surface area contributed by atoms with Gasteiger partial charge in [-0.2, -0.15) is 0 Å². The third-order valence-electron chi connectivity index (χ3n) is 3.92. The molecule has 1 atom stereocenters. The summed E-state index contributed by atoms with van der Waals surface area (Å²) in [7, 11) is -3.55. The number of aliphatic hydroxyl groups is 1. The van der Waals surface area contributed by atoms with Crippen molar-refractivity contribution in [3.63, 3.8) is 0 Å². The Labute approximate surface area is 154 Å². The molecule has 2 rings (SSSR count). The zero-order valence-electron chi connectivity index (χ0n) is 15.4. The maximum atomic E-state index is 11.4. The average Bonchev–Trinajstić information content (AvgIpc) is 2.47. The molecular formula is C19H26N2O4S. The van der Waals surface area contributed by atoms with Gasteiger partial charge < -0.3 is 10.2 Å². The van der Waals surface area contributed by atoms with Crippen LogP contribution in [0.25, 0.3) is 0 Å². The van der Waals surface area contributed by atoms with Crippen LogP contribution in [0.15, 0.2) is 48.5 Å². The third-order valence-corrected chi connectivity index (χ3v) is 4.52. The predicted octanol–water partition coefficient (Wildman–Crippen LogP) is 2.54. The third kappa shape index (κ3) is 5.72. The summed E-state index contributed by atoms with van der Waals surface area (Å²) >= 11 is 0. The first-order valence-electron chi connectivity index (χ1n) is 8.25. The number of anilines is 1. The molecule has 0 fully saturated rings. The van der Waals surface area contributed by atoms with E-state index in [0.29, 0.717) is 12.0 Å². The predicted molar refractivity (Wildman–Crippen MR) is 104 cm³/mol. The number of hydrogen-bond donors (Lipinski definition) is 4. The molecule has 0 heterocycles. The number of phenolic OH excluding ortho intramolecular Hbond substituents is 1. The van der Waals surface area contributed by atoms with Crippen LogP contribution in [0, 0.1) is 0 Å². The Morgan fingerprint density at radius 1 is 1.04 bits per heavy atom. The van der Waals surface area contributed by atoms with Crippen molar-refractivity contribution < 1.29 is 18.6 Å². The SMILES string of the molecule is CC(C)(Cc1ccccc1)NC(C)(O)c1ccc(O)c(NS(C)(=O)=O)c1. The molecule has 0 spiro atoms. The lowest BCUT2D eigenvalue weighted by atomic mass is 9.91. The summed E-state index contributed by atoms with van der Waals surface area (Å²) in [5.41, 5.74) is -0.283. The molecule has 6 nitrogen and oxygen atoms in total. The number of sulfonamides is 1. The standard InChI is InChI=1S/C19H26N2O4S/c1-18(2,13-14-8-6-5-7-9-14)21-19(3,23)15-10-11-17(22)16(12-15)20-26(4,24)25/h5-12,20-23H,13H2,1-4H3. The minimum absolute atomic E-state index is 0.0212. The maximum Gasteiger partial charge on any atom is 0.229 e. The van der Waals surface area contributed by atoms with Gasteiger partial charge in [-0.25, -0.2) is 8.42 Å². The Balaban J connectivity index is 2.24. The molecule has 142 valence electrons. The zero-order valence-corrected chi connectivity index (χ0v) is 16.3. The maximum absolute atomic E-state index is 11.4. The monoisotopic (exact) mass is 378 g/mol. The van der Waals surface area contributed by atoms with Gasteiger partial charge in [0.2, 0.25) is 10.0 Å². The largest absolute Gasteiger partial charge is 0.506 e. The van der Waals surface area contributed by atoms with Crippen LogP contribution in [0.4, 0.5) is 5.69 Å². The van der Waals surface area contributed by atoms with E-state index in [4.69, 9.17) is 0 Å². The second-order valence-corrected chi connectivity index (χ2v) is 9.10. The molecule has 1 unspecified atom stereocenters. The molecule has 0 aromatic heterocycles. The molecule has 0 amide bonds. The van der Waals surface area contributed by atoms with Gasteiger partial charge in [-0.15, -0.1) is 0 Å². The van der Waals surface area contributed by atoms with Crippen molar-refractivity contribution in [2.75, 3.05) is 11.0 Å². The van der Waals surface area contributed by atoms with Gasteiger partial charge in [0.15, 0.2) is 0 Å². The molecule has 0 aliphatic rings. The van der Waals surface area contributed by atoms with Crippen LogP contribution in [-0.4, -0.2) is 30.4 Å². The zero-order chi connectivity index (χ0) is 19.6. The number of hydrogen-bond acceptors (Lipinski definition) is 5. The smallest absolute Gasteiger partial charge is 0.229 e. The Kier molecular flexibility index (Phi) is 5.65. The van der Waals surface area contributed by atoms with Gasteiger partial charge in [0.05, 0.1) is 11.9 Å². The Hall–Kier alpha value is -2.09. The first kappa shape index (κ1) is 20.2. The van der Waals surface area contributed by atoms with Crippen molar-refractivity contribution >= 4 is 15.7 Å². The van der Waals surface area contributed by atoms with Crippen molar-refractivity contribution in [2.24, 2.45) is 0 Å². The molecule has 0 saturated carbocycles. The molecule has 0 saturated heterocycles. The normalized spacial score (nSPS) is 14.7. The van der Waals surface area contributed by atoms with Crippen molar-refractivity contribution in [3.8, 4) is 5.75 Å². The number of rotatable bonds is 7. The first-order chi connectivity index (χ1) is 11.9. The molecule has 0 radical (unpaired) electrons. The number of phenols is 1. The summed E-state index contributed by atoms with van der Waals surface area (Å²) in [5, 5.41) is 24.0. The molecule has 7 heteroatoms. The number of benzene rings is 2. The van der Waals surface area contributed by atoms with Crippen molar-refractivity contribution in [1.29, 1.82) is 0 Å². The highest BCUT2D eigenvalue weighted by Crippen LogP contribution is 2.31. The molecule has 4 N–H and O–H groups in total. The van der Waals surface area contributed by atoms with Crippen molar-refractivity contribution in [1.82, 2.24) is 5.32 Å². The highest BCUT2D eigenvalue weighted by Gasteiger charge is 2.31. The van der Waals surface area contributed by atoms with Crippen molar-refractivity contribution in [2.45, 2.75) is 38.5 Å². The molecule has 0 bridgehead atoms. The second-order valence-electron chi connectivity index (χ2n) is 7.35. The molecule has 2 aromatic carbocycles. The lowest BCUT2D eigenvalue weighted by Crippen LogP contribution is -2.52. The number of aromatic hydroxyl groups is 1. The molecule has 0 aliphatic heterocycles. The molecule has 2 aromatic rings. The van der Waals surface area contributed by atoms with E-state index in [2.05, 4.69) is 10.0 Å². The molecular weight excluding hydrogens is 352 g/mol. The van der Waals surface area contributed by atoms with Gasteiger partial charge in [-0.3, -0.25) is 10.0 Å². The van der Waals surface area contributed by atoms with Crippen LogP contribution >= 0.6 is 0 Å². The fourth-order valence-electron chi connectivity index (χ4n) is 3.00. The lowest BCUT2D eigenvalue weighted by molar-refractivity contribution is -0.00756. The van der Waals surface area contributed by atoms with E-state index in [1.165, 1.54) is 12.1 Å². The van der Waals surface area contributed by atoms with Gasteiger partial charge in [0, 0.05) is 11.1 Å². The first-order valence-corrected chi connectivity index (χ1v) is 10.1. The van der Waals surface area contributed by atoms with E-state index < -0.39 is 21.3 Å². The van der Waals surface area contributed by atoms with Crippen LogP contribution in [0.2, 0.25) is 0 Å². The lowest BCUT2D eigenvalue weighted by Gasteiger charge is -2.36. The van der Waals surface area contributed by atoms with Crippen LogP contribution in [0.3, 0.4) is 0 Å².